The molecule has 2 aromatic rings. The van der Waals surface area contributed by atoms with Crippen LogP contribution in [0.15, 0.2) is 30.6 Å². The zero-order valence-electron chi connectivity index (χ0n) is 21.5. The van der Waals surface area contributed by atoms with E-state index in [1.165, 1.54) is 12.8 Å². The minimum atomic E-state index is -0.312. The Morgan fingerprint density at radius 3 is 2.51 bits per heavy atom. The lowest BCUT2D eigenvalue weighted by Gasteiger charge is -2.45. The molecule has 3 aliphatic rings. The lowest BCUT2D eigenvalue weighted by Crippen LogP contribution is -2.53. The van der Waals surface area contributed by atoms with Gasteiger partial charge in [-0.05, 0) is 77.0 Å². The normalized spacial score (nSPS) is 20.6. The molecule has 8 nitrogen and oxygen atoms in total. The Labute approximate surface area is 207 Å². The van der Waals surface area contributed by atoms with Crippen LogP contribution in [0.25, 0.3) is 11.1 Å². The Bertz CT molecular complexity index is 1100. The number of anilines is 2. The van der Waals surface area contributed by atoms with Gasteiger partial charge in [0, 0.05) is 43.5 Å². The third-order valence-corrected chi connectivity index (χ3v) is 7.52. The highest BCUT2D eigenvalue weighted by Crippen LogP contribution is 2.44. The van der Waals surface area contributed by atoms with Gasteiger partial charge in [0.15, 0.2) is 0 Å². The summed E-state index contributed by atoms with van der Waals surface area (Å²) in [7, 11) is 1.87. The van der Waals surface area contributed by atoms with Crippen molar-refractivity contribution in [1.29, 1.82) is 0 Å². The molecule has 0 N–H and O–H groups in total. The van der Waals surface area contributed by atoms with Crippen LogP contribution in [0.3, 0.4) is 0 Å². The van der Waals surface area contributed by atoms with Crippen molar-refractivity contribution in [2.75, 3.05) is 23.4 Å². The van der Waals surface area contributed by atoms with E-state index in [1.807, 2.05) is 32.0 Å². The van der Waals surface area contributed by atoms with E-state index in [0.717, 1.165) is 35.3 Å². The average molecular weight is 480 g/mol. The lowest BCUT2D eigenvalue weighted by atomic mass is 10.00. The Balaban J connectivity index is 1.44. The highest BCUT2D eigenvalue weighted by atomic mass is 16.6. The molecule has 2 atom stereocenters. The Hall–Kier alpha value is -3.03. The molecule has 5 rings (SSSR count). The van der Waals surface area contributed by atoms with E-state index < -0.39 is 0 Å². The molecule has 2 heterocycles. The van der Waals surface area contributed by atoms with Crippen LogP contribution < -0.4 is 9.80 Å². The number of carbonyl (C=O) groups is 2. The summed E-state index contributed by atoms with van der Waals surface area (Å²) in [5, 5.41) is 4.44. The molecule has 0 saturated heterocycles. The number of hydrogen-bond acceptors (Lipinski definition) is 5. The van der Waals surface area contributed by atoms with E-state index in [9.17, 15) is 9.59 Å². The quantitative estimate of drug-likeness (QED) is 0.584. The summed E-state index contributed by atoms with van der Waals surface area (Å²) in [5.41, 5.74) is 3.83. The first-order valence-corrected chi connectivity index (χ1v) is 12.9. The number of rotatable bonds is 7. The first-order valence-electron chi connectivity index (χ1n) is 12.9. The number of fused-ring (bicyclic) bond motifs is 1. The van der Waals surface area contributed by atoms with Crippen molar-refractivity contribution in [3.8, 4) is 11.1 Å². The molecule has 1 aliphatic heterocycles. The molecule has 0 radical (unpaired) electrons. The zero-order chi connectivity index (χ0) is 24.9. The van der Waals surface area contributed by atoms with Gasteiger partial charge in [0.2, 0.25) is 5.91 Å². The van der Waals surface area contributed by atoms with Crippen LogP contribution in [0, 0.1) is 5.92 Å². The van der Waals surface area contributed by atoms with Gasteiger partial charge in [0.25, 0.3) is 0 Å². The number of ether oxygens (including phenoxy) is 1. The van der Waals surface area contributed by atoms with E-state index in [4.69, 9.17) is 4.74 Å². The summed E-state index contributed by atoms with van der Waals surface area (Å²) in [6.45, 7) is 9.05. The van der Waals surface area contributed by atoms with Crippen LogP contribution >= 0.6 is 0 Å². The average Bonchev–Trinajstić information content (AvgIpc) is 3.74. The number of aromatic nitrogens is 2. The first-order chi connectivity index (χ1) is 16.7. The topological polar surface area (TPSA) is 70.9 Å². The van der Waals surface area contributed by atoms with E-state index in [-0.39, 0.29) is 30.7 Å². The fourth-order valence-electron chi connectivity index (χ4n) is 5.20. The van der Waals surface area contributed by atoms with Crippen LogP contribution in [0.4, 0.5) is 16.2 Å². The summed E-state index contributed by atoms with van der Waals surface area (Å²) in [5.74, 6) is 0.789. The molecule has 188 valence electrons. The number of carbonyl (C=O) groups excluding carboxylic acids is 2. The maximum atomic E-state index is 13.1. The highest BCUT2D eigenvalue weighted by molar-refractivity contribution is 5.95. The second-order valence-corrected chi connectivity index (χ2v) is 10.7. The maximum absolute atomic E-state index is 13.1. The molecule has 2 amide bonds. The van der Waals surface area contributed by atoms with Crippen molar-refractivity contribution in [3.63, 3.8) is 0 Å². The van der Waals surface area contributed by atoms with Gasteiger partial charge in [-0.25, -0.2) is 4.79 Å². The van der Waals surface area contributed by atoms with E-state index in [1.54, 1.807) is 15.8 Å². The van der Waals surface area contributed by atoms with Crippen molar-refractivity contribution in [1.82, 2.24) is 14.7 Å². The number of amides is 2. The van der Waals surface area contributed by atoms with Gasteiger partial charge in [0.05, 0.1) is 23.7 Å². The van der Waals surface area contributed by atoms with Crippen molar-refractivity contribution in [3.05, 3.63) is 30.6 Å². The van der Waals surface area contributed by atoms with Gasteiger partial charge >= 0.3 is 6.09 Å². The lowest BCUT2D eigenvalue weighted by molar-refractivity contribution is -0.131. The standard InChI is InChI=1S/C27H37N5O3/c1-17(2)35-27(34)31-14-18(3)32(19(4)20-6-7-20)24-11-8-21(12-25(24)31)22-13-28-30(15-22)16-26(33)29(5)23-9-10-23/h8,11-13,15,17-20,23H,6-7,9-10,14,16H2,1-5H3/t18-,19?/m0/s1. The molecule has 2 saturated carbocycles. The summed E-state index contributed by atoms with van der Waals surface area (Å²) in [6.07, 6.45) is 7.92. The number of benzene rings is 1. The Morgan fingerprint density at radius 2 is 1.86 bits per heavy atom. The van der Waals surface area contributed by atoms with Gasteiger partial charge in [-0.2, -0.15) is 5.10 Å². The molecule has 2 aliphatic carbocycles. The molecule has 8 heteroatoms. The second kappa shape index (κ2) is 9.21. The fourth-order valence-corrected chi connectivity index (χ4v) is 5.20. The molecule has 0 bridgehead atoms. The molecule has 1 aromatic heterocycles. The summed E-state index contributed by atoms with van der Waals surface area (Å²) >= 11 is 0. The van der Waals surface area contributed by atoms with Gasteiger partial charge in [0.1, 0.15) is 6.54 Å². The third-order valence-electron chi connectivity index (χ3n) is 7.52. The maximum Gasteiger partial charge on any atom is 0.414 e. The van der Waals surface area contributed by atoms with E-state index in [0.29, 0.717) is 24.5 Å². The van der Waals surface area contributed by atoms with Gasteiger partial charge in [-0.1, -0.05) is 6.07 Å². The van der Waals surface area contributed by atoms with Crippen LogP contribution in [0.5, 0.6) is 0 Å². The SMILES string of the molecule is CC(C)OC(=O)N1C[C@H](C)N(C(C)C2CC2)c2ccc(-c3cnn(CC(=O)N(C)C4CC4)c3)cc21. The monoisotopic (exact) mass is 479 g/mol. The molecule has 2 fully saturated rings. The van der Waals surface area contributed by atoms with Crippen molar-refractivity contribution in [2.24, 2.45) is 5.92 Å². The van der Waals surface area contributed by atoms with Crippen LogP contribution in [-0.4, -0.2) is 64.5 Å². The predicted octanol–water partition coefficient (Wildman–Crippen LogP) is 4.53. The second-order valence-electron chi connectivity index (χ2n) is 10.7. The number of likely N-dealkylation sites (N-methyl/N-ethyl adjacent to an activating group) is 1. The van der Waals surface area contributed by atoms with E-state index >= 15 is 0 Å². The highest BCUT2D eigenvalue weighted by Gasteiger charge is 2.40. The van der Waals surface area contributed by atoms with Gasteiger partial charge < -0.3 is 14.5 Å². The summed E-state index contributed by atoms with van der Waals surface area (Å²) in [4.78, 5) is 31.7. The minimum Gasteiger partial charge on any atom is -0.446 e. The zero-order valence-corrected chi connectivity index (χ0v) is 21.5. The van der Waals surface area contributed by atoms with Gasteiger partial charge in [-0.15, -0.1) is 0 Å². The Morgan fingerprint density at radius 1 is 1.11 bits per heavy atom. The summed E-state index contributed by atoms with van der Waals surface area (Å²) in [6, 6.07) is 7.29. The van der Waals surface area contributed by atoms with Crippen molar-refractivity contribution in [2.45, 2.75) is 84.2 Å². The smallest absolute Gasteiger partial charge is 0.414 e. The van der Waals surface area contributed by atoms with Crippen LogP contribution in [-0.2, 0) is 16.1 Å². The van der Waals surface area contributed by atoms with Crippen LogP contribution in [0.1, 0.15) is 53.4 Å². The van der Waals surface area contributed by atoms with Gasteiger partial charge in [-0.3, -0.25) is 14.4 Å². The Kier molecular flexibility index (Phi) is 6.23. The minimum absolute atomic E-state index is 0.0777. The predicted molar refractivity (Wildman–Crippen MR) is 137 cm³/mol. The molecule has 35 heavy (non-hydrogen) atoms. The van der Waals surface area contributed by atoms with Crippen LogP contribution in [0.2, 0.25) is 0 Å². The van der Waals surface area contributed by atoms with Crippen molar-refractivity contribution >= 4 is 23.4 Å². The fraction of sp³-hybridized carbons (Fsp3) is 0.593. The third kappa shape index (κ3) is 4.88. The molecule has 1 unspecified atom stereocenters. The molecule has 0 spiro atoms. The molecular formula is C27H37N5O3. The first kappa shape index (κ1) is 23.7. The van der Waals surface area contributed by atoms with E-state index in [2.05, 4.69) is 42.0 Å². The summed E-state index contributed by atoms with van der Waals surface area (Å²) < 4.78 is 7.30. The molecular weight excluding hydrogens is 442 g/mol. The largest absolute Gasteiger partial charge is 0.446 e. The number of nitrogens with zero attached hydrogens (tertiary/aromatic N) is 5. The number of hydrogen-bond donors (Lipinski definition) is 0. The van der Waals surface area contributed by atoms with Crippen molar-refractivity contribution < 1.29 is 14.3 Å². The molecule has 1 aromatic carbocycles.